The Hall–Kier alpha value is -2.61. The van der Waals surface area contributed by atoms with E-state index in [2.05, 4.69) is 10.2 Å². The van der Waals surface area contributed by atoms with Gasteiger partial charge in [0.05, 0.1) is 16.6 Å². The Labute approximate surface area is 138 Å². The van der Waals surface area contributed by atoms with Crippen LogP contribution in [-0.4, -0.2) is 14.6 Å². The molecule has 0 aliphatic carbocycles. The number of rotatable bonds is 1. The van der Waals surface area contributed by atoms with E-state index in [1.165, 1.54) is 6.07 Å². The minimum absolute atomic E-state index is 0.360. The molecule has 1 aromatic carbocycles. The van der Waals surface area contributed by atoms with E-state index in [1.807, 2.05) is 4.40 Å². The van der Waals surface area contributed by atoms with Crippen molar-refractivity contribution >= 4 is 28.8 Å². The van der Waals surface area contributed by atoms with Crippen LogP contribution < -0.4 is 0 Å². The zero-order valence-corrected chi connectivity index (χ0v) is 13.1. The molecule has 122 valence electrons. The maximum absolute atomic E-state index is 12.9. The first-order valence-electron chi connectivity index (χ1n) is 7.02. The highest BCUT2D eigenvalue weighted by Crippen LogP contribution is 2.35. The molecule has 4 rings (SSSR count). The number of alkyl halides is 3. The Morgan fingerprint density at radius 3 is 2.71 bits per heavy atom. The summed E-state index contributed by atoms with van der Waals surface area (Å²) in [5, 5.41) is 6.84. The molecule has 8 heteroatoms. The molecule has 0 aliphatic heterocycles. The van der Waals surface area contributed by atoms with Crippen molar-refractivity contribution in [3.8, 4) is 11.3 Å². The van der Waals surface area contributed by atoms with Crippen molar-refractivity contribution in [2.24, 2.45) is 0 Å². The van der Waals surface area contributed by atoms with Gasteiger partial charge >= 0.3 is 6.18 Å². The lowest BCUT2D eigenvalue weighted by atomic mass is 10.1. The van der Waals surface area contributed by atoms with Gasteiger partial charge in [0.1, 0.15) is 16.2 Å². The summed E-state index contributed by atoms with van der Waals surface area (Å²) in [4.78, 5) is 0. The van der Waals surface area contributed by atoms with Crippen LogP contribution in [0.25, 0.3) is 27.9 Å². The van der Waals surface area contributed by atoms with E-state index < -0.39 is 11.7 Å². The number of aromatic nitrogens is 3. The average Bonchev–Trinajstić information content (AvgIpc) is 3.08. The zero-order chi connectivity index (χ0) is 17.1. The smallest absolute Gasteiger partial charge is 0.416 e. The number of halogens is 3. The molecule has 1 N–H and O–H groups in total. The zero-order valence-electron chi connectivity index (χ0n) is 12.3. The molecule has 0 radical (unpaired) electrons. The predicted molar refractivity (Wildman–Crippen MR) is 85.3 cm³/mol. The molecular weight excluding hydrogens is 339 g/mol. The number of furan rings is 1. The molecular formula is C16H10F3N3OS. The number of aryl methyl sites for hydroxylation is 1. The largest absolute Gasteiger partial charge is 0.454 e. The quantitative estimate of drug-likeness (QED) is 0.485. The number of hydrogen-bond donors (Lipinski definition) is 1. The van der Waals surface area contributed by atoms with Crippen LogP contribution in [0.2, 0.25) is 0 Å². The molecule has 0 saturated carbocycles. The first-order valence-corrected chi connectivity index (χ1v) is 7.43. The fourth-order valence-electron chi connectivity index (χ4n) is 2.74. The fourth-order valence-corrected chi connectivity index (χ4v) is 2.93. The first-order chi connectivity index (χ1) is 11.3. The molecule has 0 unspecified atom stereocenters. The van der Waals surface area contributed by atoms with Crippen molar-refractivity contribution in [2.75, 3.05) is 0 Å². The summed E-state index contributed by atoms with van der Waals surface area (Å²) in [6, 6.07) is 8.49. The Balaban J connectivity index is 1.94. The molecule has 3 heterocycles. The van der Waals surface area contributed by atoms with Crippen LogP contribution in [0, 0.1) is 11.6 Å². The Bertz CT molecular complexity index is 1140. The Morgan fingerprint density at radius 2 is 1.96 bits per heavy atom. The number of H-pyrrole nitrogens is 1. The van der Waals surface area contributed by atoms with Crippen LogP contribution in [0.15, 0.2) is 40.8 Å². The van der Waals surface area contributed by atoms with Gasteiger partial charge in [-0.25, -0.2) is 0 Å². The molecule has 0 saturated heterocycles. The van der Waals surface area contributed by atoms with Gasteiger partial charge in [-0.1, -0.05) is 24.4 Å². The predicted octanol–water partition coefficient (Wildman–Crippen LogP) is 5.13. The lowest BCUT2D eigenvalue weighted by molar-refractivity contribution is -0.137. The Kier molecular flexibility index (Phi) is 3.08. The number of nitrogens with zero attached hydrogens (tertiary/aromatic N) is 2. The van der Waals surface area contributed by atoms with Gasteiger partial charge in [-0.05, 0) is 19.1 Å². The summed E-state index contributed by atoms with van der Waals surface area (Å²) in [5.41, 5.74) is 1.64. The lowest BCUT2D eigenvalue weighted by Gasteiger charge is -2.07. The van der Waals surface area contributed by atoms with Crippen molar-refractivity contribution in [1.82, 2.24) is 14.6 Å². The number of aromatic amines is 1. The molecule has 0 spiro atoms. The SMILES string of the molecule is Cc1n[nH]c(=S)c2cc3oc(-c4cccc(C(F)(F)F)c4)cc3n12. The van der Waals surface area contributed by atoms with Crippen molar-refractivity contribution in [3.63, 3.8) is 0 Å². The lowest BCUT2D eigenvalue weighted by Crippen LogP contribution is -2.04. The van der Waals surface area contributed by atoms with E-state index >= 15 is 0 Å². The van der Waals surface area contributed by atoms with Crippen molar-refractivity contribution in [3.05, 3.63) is 52.4 Å². The second-order valence-electron chi connectivity index (χ2n) is 5.40. The first kappa shape index (κ1) is 14.9. The Morgan fingerprint density at radius 1 is 1.17 bits per heavy atom. The molecule has 0 bridgehead atoms. The molecule has 0 aliphatic rings. The van der Waals surface area contributed by atoms with Gasteiger partial charge in [0, 0.05) is 17.7 Å². The summed E-state index contributed by atoms with van der Waals surface area (Å²) in [7, 11) is 0. The monoisotopic (exact) mass is 349 g/mol. The highest BCUT2D eigenvalue weighted by molar-refractivity contribution is 7.71. The summed E-state index contributed by atoms with van der Waals surface area (Å²) in [6.07, 6.45) is -4.40. The average molecular weight is 349 g/mol. The maximum Gasteiger partial charge on any atom is 0.416 e. The van der Waals surface area contributed by atoms with Crippen LogP contribution >= 0.6 is 12.2 Å². The van der Waals surface area contributed by atoms with Gasteiger partial charge in [0.25, 0.3) is 0 Å². The van der Waals surface area contributed by atoms with Crippen LogP contribution in [-0.2, 0) is 6.18 Å². The molecule has 0 amide bonds. The second-order valence-corrected chi connectivity index (χ2v) is 5.81. The number of fused-ring (bicyclic) bond motifs is 3. The molecule has 24 heavy (non-hydrogen) atoms. The highest BCUT2D eigenvalue weighted by atomic mass is 32.1. The maximum atomic E-state index is 12.9. The summed E-state index contributed by atoms with van der Waals surface area (Å²) < 4.78 is 46.6. The van der Waals surface area contributed by atoms with Crippen molar-refractivity contribution in [2.45, 2.75) is 13.1 Å². The van der Waals surface area contributed by atoms with Gasteiger partial charge < -0.3 is 4.42 Å². The second kappa shape index (κ2) is 4.94. The molecule has 4 aromatic rings. The van der Waals surface area contributed by atoms with E-state index in [1.54, 1.807) is 25.1 Å². The molecule has 0 atom stereocenters. The third-order valence-corrected chi connectivity index (χ3v) is 4.14. The van der Waals surface area contributed by atoms with Gasteiger partial charge in [-0.2, -0.15) is 18.3 Å². The molecule has 3 aromatic heterocycles. The van der Waals surface area contributed by atoms with Gasteiger partial charge in [-0.15, -0.1) is 0 Å². The van der Waals surface area contributed by atoms with Gasteiger partial charge in [0.15, 0.2) is 5.58 Å². The van der Waals surface area contributed by atoms with Crippen LogP contribution in [0.3, 0.4) is 0 Å². The number of nitrogens with one attached hydrogen (secondary N) is 1. The van der Waals surface area contributed by atoms with E-state index in [0.717, 1.165) is 17.6 Å². The minimum Gasteiger partial charge on any atom is -0.454 e. The van der Waals surface area contributed by atoms with E-state index in [4.69, 9.17) is 16.6 Å². The van der Waals surface area contributed by atoms with Gasteiger partial charge in [0.2, 0.25) is 0 Å². The van der Waals surface area contributed by atoms with Gasteiger partial charge in [-0.3, -0.25) is 9.50 Å². The highest BCUT2D eigenvalue weighted by Gasteiger charge is 2.30. The van der Waals surface area contributed by atoms with Crippen molar-refractivity contribution < 1.29 is 17.6 Å². The fraction of sp³-hybridized carbons (Fsp3) is 0.125. The standard InChI is InChI=1S/C16H10F3N3OS/c1-8-20-21-15(24)12-7-14-11(22(8)12)6-13(23-14)9-3-2-4-10(5-9)16(17,18)19/h2-7H,1H3,(H,21,24). The topological polar surface area (TPSA) is 46.2 Å². The van der Waals surface area contributed by atoms with E-state index in [-0.39, 0.29) is 0 Å². The van der Waals surface area contributed by atoms with E-state index in [9.17, 15) is 13.2 Å². The third kappa shape index (κ3) is 2.22. The summed E-state index contributed by atoms with van der Waals surface area (Å²) in [6.45, 7) is 1.80. The summed E-state index contributed by atoms with van der Waals surface area (Å²) in [5.74, 6) is 1.03. The third-order valence-electron chi connectivity index (χ3n) is 3.84. The molecule has 0 fully saturated rings. The van der Waals surface area contributed by atoms with E-state index in [0.29, 0.717) is 32.9 Å². The van der Waals surface area contributed by atoms with Crippen LogP contribution in [0.1, 0.15) is 11.4 Å². The minimum atomic E-state index is -4.40. The van der Waals surface area contributed by atoms with Crippen LogP contribution in [0.5, 0.6) is 0 Å². The van der Waals surface area contributed by atoms with Crippen LogP contribution in [0.4, 0.5) is 13.2 Å². The molecule has 4 nitrogen and oxygen atoms in total. The normalized spacial score (nSPS) is 12.3. The number of benzene rings is 1. The number of hydrogen-bond acceptors (Lipinski definition) is 3. The van der Waals surface area contributed by atoms with Crippen molar-refractivity contribution in [1.29, 1.82) is 0 Å². The summed E-state index contributed by atoms with van der Waals surface area (Å²) >= 11 is 5.20.